The Morgan fingerprint density at radius 2 is 2.11 bits per heavy atom. The lowest BCUT2D eigenvalue weighted by Crippen LogP contribution is -2.39. The Labute approximate surface area is 108 Å². The lowest BCUT2D eigenvalue weighted by atomic mass is 10.3. The Morgan fingerprint density at radius 1 is 1.39 bits per heavy atom. The molecule has 0 aliphatic carbocycles. The van der Waals surface area contributed by atoms with Gasteiger partial charge in [-0.05, 0) is 12.8 Å². The first-order valence-electron chi connectivity index (χ1n) is 6.47. The molecule has 1 fully saturated rings. The Bertz CT molecular complexity index is 232. The number of aliphatic hydroxyl groups is 1. The van der Waals surface area contributed by atoms with E-state index in [9.17, 15) is 9.90 Å². The van der Waals surface area contributed by atoms with E-state index in [1.54, 1.807) is 7.11 Å². The van der Waals surface area contributed by atoms with Gasteiger partial charge in [0, 0.05) is 26.7 Å². The third kappa shape index (κ3) is 6.30. The van der Waals surface area contributed by atoms with Crippen molar-refractivity contribution in [2.75, 3.05) is 53.1 Å². The minimum absolute atomic E-state index is 0.111. The van der Waals surface area contributed by atoms with Crippen LogP contribution < -0.4 is 5.32 Å². The molecule has 2 N–H and O–H groups in total. The molecule has 6 heteroatoms. The summed E-state index contributed by atoms with van der Waals surface area (Å²) in [7, 11) is 1.60. The fraction of sp³-hybridized carbons (Fsp3) is 0.917. The standard InChI is InChI=1S/C12H24N2O4/c1-17-6-7-18-10-11(15)8-13-9-12(16)14-4-2-3-5-14/h11,13,15H,2-10H2,1H3. The number of nitrogens with zero attached hydrogens (tertiary/aromatic N) is 1. The number of hydrogen-bond acceptors (Lipinski definition) is 5. The Hall–Kier alpha value is -0.690. The maximum absolute atomic E-state index is 11.7. The van der Waals surface area contributed by atoms with E-state index in [2.05, 4.69) is 5.32 Å². The van der Waals surface area contributed by atoms with Crippen LogP contribution in [0, 0.1) is 0 Å². The lowest BCUT2D eigenvalue weighted by molar-refractivity contribution is -0.129. The molecule has 1 saturated heterocycles. The monoisotopic (exact) mass is 260 g/mol. The van der Waals surface area contributed by atoms with E-state index < -0.39 is 6.10 Å². The summed E-state index contributed by atoms with van der Waals surface area (Å²) in [6.07, 6.45) is 1.61. The number of carbonyl (C=O) groups is 1. The lowest BCUT2D eigenvalue weighted by Gasteiger charge is -2.16. The number of rotatable bonds is 9. The zero-order chi connectivity index (χ0) is 13.2. The molecule has 0 aromatic carbocycles. The van der Waals surface area contributed by atoms with Gasteiger partial charge in [-0.2, -0.15) is 0 Å². The highest BCUT2D eigenvalue weighted by Crippen LogP contribution is 2.06. The van der Waals surface area contributed by atoms with Crippen LogP contribution in [0.2, 0.25) is 0 Å². The molecule has 0 saturated carbocycles. The maximum atomic E-state index is 11.7. The van der Waals surface area contributed by atoms with Crippen LogP contribution in [0.4, 0.5) is 0 Å². The molecule has 1 unspecified atom stereocenters. The minimum atomic E-state index is -0.590. The predicted molar refractivity (Wildman–Crippen MR) is 67.4 cm³/mol. The van der Waals surface area contributed by atoms with Gasteiger partial charge >= 0.3 is 0 Å². The maximum Gasteiger partial charge on any atom is 0.236 e. The molecular weight excluding hydrogens is 236 g/mol. The Kier molecular flexibility index (Phi) is 7.91. The van der Waals surface area contributed by atoms with E-state index in [0.29, 0.717) is 19.8 Å². The average Bonchev–Trinajstić information content (AvgIpc) is 2.88. The van der Waals surface area contributed by atoms with Crippen LogP contribution in [0.15, 0.2) is 0 Å². The van der Waals surface area contributed by atoms with Gasteiger partial charge in [0.1, 0.15) is 0 Å². The van der Waals surface area contributed by atoms with E-state index in [1.807, 2.05) is 4.90 Å². The van der Waals surface area contributed by atoms with Crippen molar-refractivity contribution in [3.63, 3.8) is 0 Å². The molecule has 0 bridgehead atoms. The van der Waals surface area contributed by atoms with Crippen LogP contribution in [0.1, 0.15) is 12.8 Å². The number of nitrogens with one attached hydrogen (secondary N) is 1. The first kappa shape index (κ1) is 15.4. The summed E-state index contributed by atoms with van der Waals surface area (Å²) >= 11 is 0. The first-order chi connectivity index (χ1) is 8.74. The second kappa shape index (κ2) is 9.27. The van der Waals surface area contributed by atoms with Crippen LogP contribution in [0.25, 0.3) is 0 Å². The summed E-state index contributed by atoms with van der Waals surface area (Å²) in [6.45, 7) is 3.64. The molecule has 0 radical (unpaired) electrons. The van der Waals surface area contributed by atoms with E-state index in [0.717, 1.165) is 25.9 Å². The van der Waals surface area contributed by atoms with Crippen LogP contribution in [0.3, 0.4) is 0 Å². The Balaban J connectivity index is 1.97. The summed E-state index contributed by atoms with van der Waals surface area (Å²) in [4.78, 5) is 13.5. The van der Waals surface area contributed by atoms with E-state index in [-0.39, 0.29) is 19.1 Å². The van der Waals surface area contributed by atoms with Crippen molar-refractivity contribution in [1.82, 2.24) is 10.2 Å². The molecule has 6 nitrogen and oxygen atoms in total. The number of aliphatic hydroxyl groups excluding tert-OH is 1. The van der Waals surface area contributed by atoms with Crippen molar-refractivity contribution in [1.29, 1.82) is 0 Å². The summed E-state index contributed by atoms with van der Waals surface area (Å²) < 4.78 is 10.0. The van der Waals surface area contributed by atoms with Gasteiger partial charge < -0.3 is 24.8 Å². The van der Waals surface area contributed by atoms with Gasteiger partial charge in [0.25, 0.3) is 0 Å². The molecule has 106 valence electrons. The van der Waals surface area contributed by atoms with Gasteiger partial charge in [0.15, 0.2) is 0 Å². The normalized spacial score (nSPS) is 17.1. The van der Waals surface area contributed by atoms with E-state index in [1.165, 1.54) is 0 Å². The molecule has 1 heterocycles. The highest BCUT2D eigenvalue weighted by molar-refractivity contribution is 5.78. The van der Waals surface area contributed by atoms with Crippen molar-refractivity contribution in [2.45, 2.75) is 18.9 Å². The van der Waals surface area contributed by atoms with Crippen LogP contribution in [0.5, 0.6) is 0 Å². The van der Waals surface area contributed by atoms with Gasteiger partial charge in [-0.15, -0.1) is 0 Å². The molecule has 1 atom stereocenters. The van der Waals surface area contributed by atoms with Gasteiger partial charge in [0.2, 0.25) is 5.91 Å². The fourth-order valence-electron chi connectivity index (χ4n) is 1.84. The minimum Gasteiger partial charge on any atom is -0.389 e. The SMILES string of the molecule is COCCOCC(O)CNCC(=O)N1CCCC1. The number of methoxy groups -OCH3 is 1. The summed E-state index contributed by atoms with van der Waals surface area (Å²) in [5.74, 6) is 0.111. The van der Waals surface area contributed by atoms with E-state index in [4.69, 9.17) is 9.47 Å². The van der Waals surface area contributed by atoms with Crippen LogP contribution in [-0.2, 0) is 14.3 Å². The molecule has 1 aliphatic rings. The molecule has 0 aromatic rings. The smallest absolute Gasteiger partial charge is 0.236 e. The highest BCUT2D eigenvalue weighted by atomic mass is 16.5. The second-order valence-electron chi connectivity index (χ2n) is 4.44. The third-order valence-electron chi connectivity index (χ3n) is 2.86. The van der Waals surface area contributed by atoms with Crippen molar-refractivity contribution in [3.05, 3.63) is 0 Å². The predicted octanol–water partition coefficient (Wildman–Crippen LogP) is -0.778. The molecule has 1 amide bonds. The summed E-state index contributed by atoms with van der Waals surface area (Å²) in [5, 5.41) is 12.5. The molecule has 1 aliphatic heterocycles. The van der Waals surface area contributed by atoms with E-state index >= 15 is 0 Å². The van der Waals surface area contributed by atoms with Gasteiger partial charge in [-0.1, -0.05) is 0 Å². The molecule has 1 rings (SSSR count). The van der Waals surface area contributed by atoms with Crippen molar-refractivity contribution in [3.8, 4) is 0 Å². The topological polar surface area (TPSA) is 71.0 Å². The molecular formula is C12H24N2O4. The molecule has 0 spiro atoms. The Morgan fingerprint density at radius 3 is 2.78 bits per heavy atom. The number of hydrogen-bond donors (Lipinski definition) is 2. The molecule has 0 aromatic heterocycles. The van der Waals surface area contributed by atoms with Gasteiger partial charge in [-0.3, -0.25) is 4.79 Å². The van der Waals surface area contributed by atoms with Crippen LogP contribution >= 0.6 is 0 Å². The highest BCUT2D eigenvalue weighted by Gasteiger charge is 2.17. The second-order valence-corrected chi connectivity index (χ2v) is 4.44. The van der Waals surface area contributed by atoms with Crippen molar-refractivity contribution < 1.29 is 19.4 Å². The summed E-state index contributed by atoms with van der Waals surface area (Å²) in [5.41, 5.74) is 0. The number of carbonyl (C=O) groups excluding carboxylic acids is 1. The first-order valence-corrected chi connectivity index (χ1v) is 6.47. The van der Waals surface area contributed by atoms with Gasteiger partial charge in [0.05, 0.1) is 32.5 Å². The van der Waals surface area contributed by atoms with Crippen molar-refractivity contribution >= 4 is 5.91 Å². The summed E-state index contributed by atoms with van der Waals surface area (Å²) in [6, 6.07) is 0. The van der Waals surface area contributed by atoms with Gasteiger partial charge in [-0.25, -0.2) is 0 Å². The van der Waals surface area contributed by atoms with Crippen LogP contribution in [-0.4, -0.2) is 75.1 Å². The number of ether oxygens (including phenoxy) is 2. The largest absolute Gasteiger partial charge is 0.389 e. The van der Waals surface area contributed by atoms with Crippen molar-refractivity contribution in [2.24, 2.45) is 0 Å². The fourth-order valence-corrected chi connectivity index (χ4v) is 1.84. The third-order valence-corrected chi connectivity index (χ3v) is 2.86. The zero-order valence-corrected chi connectivity index (χ0v) is 11.1. The average molecular weight is 260 g/mol. The molecule has 18 heavy (non-hydrogen) atoms. The number of amides is 1. The zero-order valence-electron chi connectivity index (χ0n) is 11.1. The number of likely N-dealkylation sites (tertiary alicyclic amines) is 1. The quantitative estimate of drug-likeness (QED) is 0.532.